The molecule has 0 radical (unpaired) electrons. The molecule has 0 aliphatic heterocycles. The van der Waals surface area contributed by atoms with Gasteiger partial charge in [0.2, 0.25) is 0 Å². The van der Waals surface area contributed by atoms with Gasteiger partial charge in [-0.15, -0.1) is 0 Å². The first kappa shape index (κ1) is 14.6. The maximum atomic E-state index is 6.03. The van der Waals surface area contributed by atoms with Gasteiger partial charge in [-0.25, -0.2) is 0 Å². The first-order valence-corrected chi connectivity index (χ1v) is 8.02. The molecule has 0 spiro atoms. The first-order chi connectivity index (χ1) is 10.8. The molecule has 0 unspecified atom stereocenters. The molecule has 0 saturated heterocycles. The van der Waals surface area contributed by atoms with Gasteiger partial charge in [0, 0.05) is 21.4 Å². The van der Waals surface area contributed by atoms with Gasteiger partial charge in [0.1, 0.15) is 5.75 Å². The smallest absolute Gasteiger partial charge is 0.119 e. The van der Waals surface area contributed by atoms with Crippen molar-refractivity contribution in [1.29, 1.82) is 0 Å². The molecule has 3 nitrogen and oxygen atoms in total. The second-order valence-corrected chi connectivity index (χ2v) is 5.74. The summed E-state index contributed by atoms with van der Waals surface area (Å²) >= 11 is 1.57. The van der Waals surface area contributed by atoms with Crippen LogP contribution in [-0.2, 0) is 0 Å². The van der Waals surface area contributed by atoms with Gasteiger partial charge in [0.15, 0.2) is 0 Å². The molecule has 4 heteroatoms. The number of nitrogens with one attached hydrogen (secondary N) is 1. The zero-order valence-corrected chi connectivity index (χ0v) is 13.2. The van der Waals surface area contributed by atoms with Crippen molar-refractivity contribution in [2.24, 2.45) is 0 Å². The number of ether oxygens (including phenoxy) is 1. The van der Waals surface area contributed by atoms with E-state index in [1.807, 2.05) is 61.5 Å². The molecule has 0 heterocycles. The van der Waals surface area contributed by atoms with Crippen molar-refractivity contribution in [2.45, 2.75) is 11.8 Å². The molecule has 3 N–H and O–H groups in total. The Bertz CT molecular complexity index is 772. The quantitative estimate of drug-likeness (QED) is 0.517. The summed E-state index contributed by atoms with van der Waals surface area (Å²) in [5, 5.41) is 2.20. The predicted octanol–water partition coefficient (Wildman–Crippen LogP) is 4.94. The molecule has 0 aliphatic rings. The van der Waals surface area contributed by atoms with Crippen LogP contribution >= 0.6 is 11.9 Å². The first-order valence-electron chi connectivity index (χ1n) is 7.21. The number of fused-ring (bicyclic) bond motifs is 1. The lowest BCUT2D eigenvalue weighted by Crippen LogP contribution is -1.93. The Balaban J connectivity index is 1.78. The number of nitrogen functional groups attached to an aromatic ring is 1. The standard InChI is InChI=1S/C18H18N2OS/c1-2-21-13-7-9-14(10-8-13)22-20-18-12-11-17(19)15-5-3-4-6-16(15)18/h3-12,20H,2,19H2,1H3. The monoisotopic (exact) mass is 310 g/mol. The number of rotatable bonds is 5. The number of hydrogen-bond donors (Lipinski definition) is 2. The fourth-order valence-electron chi connectivity index (χ4n) is 2.30. The molecule has 0 bridgehead atoms. The summed E-state index contributed by atoms with van der Waals surface area (Å²) in [5.41, 5.74) is 7.89. The maximum Gasteiger partial charge on any atom is 0.119 e. The van der Waals surface area contributed by atoms with Crippen LogP contribution in [0.3, 0.4) is 0 Å². The van der Waals surface area contributed by atoms with Crippen molar-refractivity contribution in [3.63, 3.8) is 0 Å². The van der Waals surface area contributed by atoms with E-state index < -0.39 is 0 Å². The molecule has 22 heavy (non-hydrogen) atoms. The minimum Gasteiger partial charge on any atom is -0.494 e. The van der Waals surface area contributed by atoms with Gasteiger partial charge in [0.25, 0.3) is 0 Å². The van der Waals surface area contributed by atoms with Gasteiger partial charge in [0.05, 0.1) is 12.3 Å². The van der Waals surface area contributed by atoms with E-state index in [1.165, 1.54) is 0 Å². The summed E-state index contributed by atoms with van der Waals surface area (Å²) in [4.78, 5) is 1.13. The topological polar surface area (TPSA) is 47.3 Å². The van der Waals surface area contributed by atoms with Crippen molar-refractivity contribution >= 4 is 34.1 Å². The van der Waals surface area contributed by atoms with E-state index in [0.29, 0.717) is 6.61 Å². The fourth-order valence-corrected chi connectivity index (χ4v) is 2.97. The SMILES string of the molecule is CCOc1ccc(SNc2ccc(N)c3ccccc23)cc1. The van der Waals surface area contributed by atoms with Crippen LogP contribution in [-0.4, -0.2) is 6.61 Å². The highest BCUT2D eigenvalue weighted by Crippen LogP contribution is 2.31. The maximum absolute atomic E-state index is 6.03. The molecular formula is C18H18N2OS. The lowest BCUT2D eigenvalue weighted by molar-refractivity contribution is 0.340. The van der Waals surface area contributed by atoms with E-state index in [1.54, 1.807) is 11.9 Å². The summed E-state index contributed by atoms with van der Waals surface area (Å²) in [7, 11) is 0. The lowest BCUT2D eigenvalue weighted by Gasteiger charge is -2.11. The highest BCUT2D eigenvalue weighted by Gasteiger charge is 2.04. The Kier molecular flexibility index (Phi) is 4.39. The Hall–Kier alpha value is -2.33. The Morgan fingerprint density at radius 2 is 1.68 bits per heavy atom. The minimum atomic E-state index is 0.683. The molecule has 0 atom stereocenters. The van der Waals surface area contributed by atoms with Crippen molar-refractivity contribution in [3.05, 3.63) is 60.7 Å². The Morgan fingerprint density at radius 3 is 2.41 bits per heavy atom. The molecule has 0 saturated carbocycles. The van der Waals surface area contributed by atoms with Gasteiger partial charge in [-0.05, 0) is 55.3 Å². The van der Waals surface area contributed by atoms with Crippen LogP contribution in [0.25, 0.3) is 10.8 Å². The lowest BCUT2D eigenvalue weighted by atomic mass is 10.1. The molecule has 0 amide bonds. The highest BCUT2D eigenvalue weighted by molar-refractivity contribution is 8.00. The van der Waals surface area contributed by atoms with Crippen LogP contribution in [0.2, 0.25) is 0 Å². The van der Waals surface area contributed by atoms with Crippen molar-refractivity contribution in [3.8, 4) is 5.75 Å². The average molecular weight is 310 g/mol. The predicted molar refractivity (Wildman–Crippen MR) is 95.5 cm³/mol. The summed E-state index contributed by atoms with van der Waals surface area (Å²) in [5.74, 6) is 0.893. The Morgan fingerprint density at radius 1 is 0.955 bits per heavy atom. The van der Waals surface area contributed by atoms with Crippen LogP contribution in [0.1, 0.15) is 6.92 Å². The molecular weight excluding hydrogens is 292 g/mol. The third kappa shape index (κ3) is 3.12. The van der Waals surface area contributed by atoms with Gasteiger partial charge < -0.3 is 15.2 Å². The van der Waals surface area contributed by atoms with Crippen LogP contribution < -0.4 is 15.2 Å². The van der Waals surface area contributed by atoms with Gasteiger partial charge in [-0.2, -0.15) is 0 Å². The van der Waals surface area contributed by atoms with Crippen molar-refractivity contribution in [2.75, 3.05) is 17.1 Å². The van der Waals surface area contributed by atoms with Crippen molar-refractivity contribution < 1.29 is 4.74 Å². The largest absolute Gasteiger partial charge is 0.494 e. The molecule has 3 aromatic carbocycles. The molecule has 0 aromatic heterocycles. The molecule has 0 fully saturated rings. The summed E-state index contributed by atoms with van der Waals surface area (Å²) in [6, 6.07) is 20.1. The highest BCUT2D eigenvalue weighted by atomic mass is 32.2. The number of benzene rings is 3. The minimum absolute atomic E-state index is 0.683. The van der Waals surface area contributed by atoms with Gasteiger partial charge in [-0.1, -0.05) is 24.3 Å². The number of anilines is 2. The summed E-state index contributed by atoms with van der Waals surface area (Å²) < 4.78 is 8.85. The third-order valence-corrected chi connectivity index (χ3v) is 4.20. The second-order valence-electron chi connectivity index (χ2n) is 4.86. The molecule has 3 aromatic rings. The molecule has 0 aliphatic carbocycles. The molecule has 112 valence electrons. The van der Waals surface area contributed by atoms with Crippen LogP contribution in [0.5, 0.6) is 5.75 Å². The second kappa shape index (κ2) is 6.62. The van der Waals surface area contributed by atoms with Crippen LogP contribution in [0.4, 0.5) is 11.4 Å². The van der Waals surface area contributed by atoms with E-state index in [9.17, 15) is 0 Å². The zero-order chi connectivity index (χ0) is 15.4. The summed E-state index contributed by atoms with van der Waals surface area (Å²) in [6.07, 6.45) is 0. The number of hydrogen-bond acceptors (Lipinski definition) is 4. The molecule has 3 rings (SSSR count). The van der Waals surface area contributed by atoms with Crippen LogP contribution in [0.15, 0.2) is 65.6 Å². The Labute approximate surface area is 134 Å². The number of nitrogens with two attached hydrogens (primary N) is 1. The normalized spacial score (nSPS) is 10.6. The average Bonchev–Trinajstić information content (AvgIpc) is 2.56. The van der Waals surface area contributed by atoms with Gasteiger partial charge >= 0.3 is 0 Å². The van der Waals surface area contributed by atoms with E-state index >= 15 is 0 Å². The summed E-state index contributed by atoms with van der Waals surface area (Å²) in [6.45, 7) is 2.67. The van der Waals surface area contributed by atoms with E-state index in [2.05, 4.69) is 10.8 Å². The van der Waals surface area contributed by atoms with E-state index in [-0.39, 0.29) is 0 Å². The van der Waals surface area contributed by atoms with E-state index in [4.69, 9.17) is 10.5 Å². The fraction of sp³-hybridized carbons (Fsp3) is 0.111. The van der Waals surface area contributed by atoms with Crippen molar-refractivity contribution in [1.82, 2.24) is 0 Å². The van der Waals surface area contributed by atoms with E-state index in [0.717, 1.165) is 32.8 Å². The zero-order valence-electron chi connectivity index (χ0n) is 12.4. The van der Waals surface area contributed by atoms with Gasteiger partial charge in [-0.3, -0.25) is 0 Å². The van der Waals surface area contributed by atoms with Crippen LogP contribution in [0, 0.1) is 0 Å². The third-order valence-electron chi connectivity index (χ3n) is 3.37.